The molecule has 0 unspecified atom stereocenters. The van der Waals surface area contributed by atoms with Gasteiger partial charge in [0.05, 0.1) is 11.4 Å². The summed E-state index contributed by atoms with van der Waals surface area (Å²) in [6.45, 7) is 13.1. The summed E-state index contributed by atoms with van der Waals surface area (Å²) in [5.74, 6) is -0.254. The number of rotatable bonds is 11. The first-order chi connectivity index (χ1) is 15.9. The summed E-state index contributed by atoms with van der Waals surface area (Å²) in [5.41, 5.74) is 5.75. The number of halogens is 1. The van der Waals surface area contributed by atoms with Crippen LogP contribution in [0.5, 0.6) is 0 Å². The molecule has 0 spiro atoms. The molecule has 0 aliphatic heterocycles. The molecule has 0 fully saturated rings. The maximum absolute atomic E-state index is 15.1. The van der Waals surface area contributed by atoms with Crippen LogP contribution >= 0.6 is 0 Å². The van der Waals surface area contributed by atoms with Crippen molar-refractivity contribution in [2.75, 3.05) is 31.6 Å². The minimum Gasteiger partial charge on any atom is -0.383 e. The first-order valence-corrected chi connectivity index (χ1v) is 11.7. The van der Waals surface area contributed by atoms with Crippen molar-refractivity contribution in [3.63, 3.8) is 0 Å². The molecular weight excluding hydrogens is 413 g/mol. The Hall–Kier alpha value is -3.12. The van der Waals surface area contributed by atoms with Crippen LogP contribution in [-0.4, -0.2) is 42.9 Å². The summed E-state index contributed by atoms with van der Waals surface area (Å²) in [6, 6.07) is 7.65. The van der Waals surface area contributed by atoms with Gasteiger partial charge in [-0.15, -0.1) is 0 Å². The maximum Gasteiger partial charge on any atom is 0.134 e. The topological polar surface area (TPSA) is 56.0 Å². The lowest BCUT2D eigenvalue weighted by molar-refractivity contribution is 0.628. The van der Waals surface area contributed by atoms with Crippen molar-refractivity contribution in [2.24, 2.45) is 0 Å². The second-order valence-electron chi connectivity index (χ2n) is 8.60. The second-order valence-corrected chi connectivity index (χ2v) is 8.60. The minimum atomic E-state index is -0.254. The summed E-state index contributed by atoms with van der Waals surface area (Å²) in [5, 5.41) is 14.0. The zero-order valence-corrected chi connectivity index (χ0v) is 20.2. The maximum atomic E-state index is 15.1. The van der Waals surface area contributed by atoms with E-state index in [-0.39, 0.29) is 5.82 Å². The molecule has 6 heteroatoms. The molecule has 1 aromatic carbocycles. The highest BCUT2D eigenvalue weighted by molar-refractivity contribution is 5.78. The van der Waals surface area contributed by atoms with E-state index in [1.54, 1.807) is 6.07 Å². The SMILES string of the molecule is C=C(NC(C)C)C1=CC(c2cc(-c3ccc(N(CCC)CCNC)cc3F)[nH]n2)=CCC=C1. The van der Waals surface area contributed by atoms with Crippen LogP contribution in [0.25, 0.3) is 16.8 Å². The van der Waals surface area contributed by atoms with Gasteiger partial charge in [-0.1, -0.05) is 31.7 Å². The number of allylic oxidation sites excluding steroid dienone is 5. The Morgan fingerprint density at radius 3 is 2.79 bits per heavy atom. The van der Waals surface area contributed by atoms with Crippen LogP contribution in [0.2, 0.25) is 0 Å². The predicted molar refractivity (Wildman–Crippen MR) is 138 cm³/mol. The van der Waals surface area contributed by atoms with Crippen molar-refractivity contribution >= 4 is 11.3 Å². The summed E-state index contributed by atoms with van der Waals surface area (Å²) in [6.07, 6.45) is 10.2. The molecule has 1 aliphatic rings. The normalized spacial score (nSPS) is 13.5. The smallest absolute Gasteiger partial charge is 0.134 e. The second kappa shape index (κ2) is 11.7. The van der Waals surface area contributed by atoms with Gasteiger partial charge in [0.2, 0.25) is 0 Å². The Morgan fingerprint density at radius 2 is 2.09 bits per heavy atom. The highest BCUT2D eigenvalue weighted by Crippen LogP contribution is 2.29. The molecule has 176 valence electrons. The lowest BCUT2D eigenvalue weighted by atomic mass is 10.0. The predicted octanol–water partition coefficient (Wildman–Crippen LogP) is 5.43. The van der Waals surface area contributed by atoms with Crippen LogP contribution in [0.4, 0.5) is 10.1 Å². The van der Waals surface area contributed by atoms with Crippen LogP contribution in [0.3, 0.4) is 0 Å². The van der Waals surface area contributed by atoms with Crippen molar-refractivity contribution in [3.8, 4) is 11.3 Å². The number of likely N-dealkylation sites (N-methyl/N-ethyl adjacent to an activating group) is 1. The molecular formula is C27H36FN5. The third-order valence-electron chi connectivity index (χ3n) is 5.50. The van der Waals surface area contributed by atoms with Crippen molar-refractivity contribution in [1.29, 1.82) is 0 Å². The van der Waals surface area contributed by atoms with E-state index in [9.17, 15) is 0 Å². The number of aromatic amines is 1. The first-order valence-electron chi connectivity index (χ1n) is 11.7. The van der Waals surface area contributed by atoms with E-state index in [1.807, 2.05) is 25.2 Å². The molecule has 1 aliphatic carbocycles. The average Bonchev–Trinajstić information content (AvgIpc) is 3.13. The van der Waals surface area contributed by atoms with Crippen molar-refractivity contribution in [1.82, 2.24) is 20.8 Å². The number of benzene rings is 1. The van der Waals surface area contributed by atoms with E-state index in [0.29, 0.717) is 17.3 Å². The van der Waals surface area contributed by atoms with Gasteiger partial charge in [-0.2, -0.15) is 5.10 Å². The third kappa shape index (κ3) is 6.45. The fourth-order valence-electron chi connectivity index (χ4n) is 3.88. The fourth-order valence-corrected chi connectivity index (χ4v) is 3.88. The molecule has 1 aromatic heterocycles. The van der Waals surface area contributed by atoms with Crippen LogP contribution in [0.15, 0.2) is 66.4 Å². The quantitative estimate of drug-likeness (QED) is 0.428. The van der Waals surface area contributed by atoms with E-state index < -0.39 is 0 Å². The largest absolute Gasteiger partial charge is 0.383 e. The lowest BCUT2D eigenvalue weighted by Gasteiger charge is -2.24. The van der Waals surface area contributed by atoms with Gasteiger partial charge >= 0.3 is 0 Å². The Kier molecular flexibility index (Phi) is 8.66. The van der Waals surface area contributed by atoms with Crippen LogP contribution < -0.4 is 15.5 Å². The van der Waals surface area contributed by atoms with Gasteiger partial charge in [0.1, 0.15) is 5.82 Å². The summed E-state index contributed by atoms with van der Waals surface area (Å²) >= 11 is 0. The van der Waals surface area contributed by atoms with Gasteiger partial charge in [0.15, 0.2) is 0 Å². The highest BCUT2D eigenvalue weighted by atomic mass is 19.1. The van der Waals surface area contributed by atoms with Crippen molar-refractivity contribution < 1.29 is 4.39 Å². The zero-order chi connectivity index (χ0) is 23.8. The van der Waals surface area contributed by atoms with Gasteiger partial charge in [0, 0.05) is 42.6 Å². The molecule has 0 bridgehead atoms. The monoisotopic (exact) mass is 449 g/mol. The number of nitrogens with one attached hydrogen (secondary N) is 3. The zero-order valence-electron chi connectivity index (χ0n) is 20.2. The summed E-state index contributed by atoms with van der Waals surface area (Å²) < 4.78 is 15.1. The van der Waals surface area contributed by atoms with Crippen LogP contribution in [-0.2, 0) is 0 Å². The molecule has 2 aromatic rings. The standard InChI is InChI=1S/C27H36FN5/c1-6-14-33(15-13-29-5)23-11-12-24(25(28)17-23)27-18-26(31-32-27)22-10-8-7-9-21(16-22)20(4)30-19(2)3/h7,9-12,16-19,29-30H,4,6,8,13-15H2,1-3,5H3,(H,31,32). The number of nitrogens with zero attached hydrogens (tertiary/aromatic N) is 2. The molecule has 3 rings (SSSR count). The van der Waals surface area contributed by atoms with E-state index in [0.717, 1.165) is 60.7 Å². The molecule has 0 radical (unpaired) electrons. The Balaban J connectivity index is 1.83. The van der Waals surface area contributed by atoms with Gasteiger partial charge in [0.25, 0.3) is 0 Å². The van der Waals surface area contributed by atoms with Gasteiger partial charge in [-0.25, -0.2) is 4.39 Å². The molecule has 5 nitrogen and oxygen atoms in total. The Bertz CT molecular complexity index is 1040. The lowest BCUT2D eigenvalue weighted by Crippen LogP contribution is -2.31. The minimum absolute atomic E-state index is 0.254. The molecule has 1 heterocycles. The van der Waals surface area contributed by atoms with Crippen molar-refractivity contribution in [3.05, 3.63) is 77.9 Å². The van der Waals surface area contributed by atoms with E-state index in [4.69, 9.17) is 0 Å². The molecule has 33 heavy (non-hydrogen) atoms. The fraction of sp³-hybridized carbons (Fsp3) is 0.370. The van der Waals surface area contributed by atoms with Gasteiger partial charge in [-0.05, 0) is 75.2 Å². The number of anilines is 1. The highest BCUT2D eigenvalue weighted by Gasteiger charge is 2.15. The average molecular weight is 450 g/mol. The van der Waals surface area contributed by atoms with Crippen molar-refractivity contribution in [2.45, 2.75) is 39.7 Å². The van der Waals surface area contributed by atoms with E-state index >= 15 is 4.39 Å². The van der Waals surface area contributed by atoms with Gasteiger partial charge in [-0.3, -0.25) is 5.10 Å². The van der Waals surface area contributed by atoms with E-state index in [1.165, 1.54) is 0 Å². The molecule has 0 atom stereocenters. The molecule has 0 amide bonds. The van der Waals surface area contributed by atoms with E-state index in [2.05, 4.69) is 77.4 Å². The summed E-state index contributed by atoms with van der Waals surface area (Å²) in [7, 11) is 1.93. The number of H-pyrrole nitrogens is 1. The summed E-state index contributed by atoms with van der Waals surface area (Å²) in [4.78, 5) is 2.20. The van der Waals surface area contributed by atoms with Crippen LogP contribution in [0.1, 0.15) is 39.3 Å². The molecule has 0 saturated carbocycles. The molecule has 3 N–H and O–H groups in total. The van der Waals surface area contributed by atoms with Gasteiger partial charge < -0.3 is 15.5 Å². The van der Waals surface area contributed by atoms with Crippen LogP contribution in [0, 0.1) is 5.82 Å². The number of hydrogen-bond acceptors (Lipinski definition) is 4. The first kappa shape index (κ1) is 24.5. The molecule has 0 saturated heterocycles. The number of aromatic nitrogens is 2. The third-order valence-corrected chi connectivity index (χ3v) is 5.50. The number of hydrogen-bond donors (Lipinski definition) is 3. The Morgan fingerprint density at radius 1 is 1.27 bits per heavy atom. The Labute approximate surface area is 197 Å².